The second-order valence-electron chi connectivity index (χ2n) is 7.37. The molecule has 1 amide bonds. The molecule has 3 atom stereocenters. The van der Waals surface area contributed by atoms with Crippen LogP contribution in [0.3, 0.4) is 0 Å². The van der Waals surface area contributed by atoms with Gasteiger partial charge >= 0.3 is 12.1 Å². The first-order valence-electron chi connectivity index (χ1n) is 9.80. The summed E-state index contributed by atoms with van der Waals surface area (Å²) in [6.07, 6.45) is 4.92. The summed E-state index contributed by atoms with van der Waals surface area (Å²) in [5.41, 5.74) is 0.718. The molecule has 1 N–H and O–H groups in total. The molecule has 2 fully saturated rings. The number of hydrogen-bond acceptors (Lipinski definition) is 9. The van der Waals surface area contributed by atoms with Gasteiger partial charge in [-0.25, -0.2) is 9.59 Å². The van der Waals surface area contributed by atoms with Gasteiger partial charge in [-0.15, -0.1) is 0 Å². The van der Waals surface area contributed by atoms with Gasteiger partial charge < -0.3 is 19.3 Å². The number of fused-ring (bicyclic) bond motifs is 1. The number of pyridine rings is 1. The Morgan fingerprint density at radius 1 is 1.33 bits per heavy atom. The van der Waals surface area contributed by atoms with E-state index in [9.17, 15) is 19.5 Å². The highest BCUT2D eigenvalue weighted by molar-refractivity contribution is 8.09. The molecule has 30 heavy (non-hydrogen) atoms. The van der Waals surface area contributed by atoms with E-state index in [0.717, 1.165) is 25.7 Å². The van der Waals surface area contributed by atoms with Crippen molar-refractivity contribution in [2.45, 2.75) is 50.2 Å². The van der Waals surface area contributed by atoms with E-state index in [2.05, 4.69) is 4.98 Å². The summed E-state index contributed by atoms with van der Waals surface area (Å²) in [6, 6.07) is 3.49. The quantitative estimate of drug-likeness (QED) is 0.409. The van der Waals surface area contributed by atoms with Gasteiger partial charge in [0.2, 0.25) is 12.7 Å². The van der Waals surface area contributed by atoms with Crippen molar-refractivity contribution in [2.24, 2.45) is 5.92 Å². The van der Waals surface area contributed by atoms with Crippen LogP contribution in [0.25, 0.3) is 4.91 Å². The number of aromatic nitrogens is 1. The van der Waals surface area contributed by atoms with E-state index in [-0.39, 0.29) is 17.7 Å². The highest BCUT2D eigenvalue weighted by atomic mass is 32.2. The molecular formula is C20H22N2O7S. The molecule has 3 heterocycles. The molecule has 9 nitrogen and oxygen atoms in total. The lowest BCUT2D eigenvalue weighted by Crippen LogP contribution is -2.60. The maximum Gasteiger partial charge on any atom is 0.511 e. The lowest BCUT2D eigenvalue weighted by Gasteiger charge is -2.43. The Labute approximate surface area is 177 Å². The zero-order chi connectivity index (χ0) is 21.3. The average Bonchev–Trinajstić information content (AvgIpc) is 3.34. The monoisotopic (exact) mass is 434 g/mol. The number of nitrogens with zero attached hydrogens (tertiary/aromatic N) is 2. The van der Waals surface area contributed by atoms with Crippen LogP contribution in [0, 0.1) is 5.92 Å². The summed E-state index contributed by atoms with van der Waals surface area (Å²) < 4.78 is 15.1. The minimum absolute atomic E-state index is 0.0626. The van der Waals surface area contributed by atoms with E-state index in [1.54, 1.807) is 31.5 Å². The van der Waals surface area contributed by atoms with Crippen molar-refractivity contribution >= 4 is 34.7 Å². The van der Waals surface area contributed by atoms with Gasteiger partial charge in [-0.2, -0.15) is 0 Å². The number of carbonyl (C=O) groups excluding carboxylic acids is 3. The first-order chi connectivity index (χ1) is 14.5. The van der Waals surface area contributed by atoms with Gasteiger partial charge in [-0.1, -0.05) is 17.8 Å². The third kappa shape index (κ3) is 3.89. The molecule has 160 valence electrons. The molecule has 0 bridgehead atoms. The van der Waals surface area contributed by atoms with E-state index in [1.165, 1.54) is 16.7 Å². The number of aliphatic hydroxyl groups is 1. The van der Waals surface area contributed by atoms with Gasteiger partial charge in [0, 0.05) is 22.9 Å². The second-order valence-corrected chi connectivity index (χ2v) is 8.50. The fourth-order valence-electron chi connectivity index (χ4n) is 3.85. The van der Waals surface area contributed by atoms with Crippen LogP contribution in [0.4, 0.5) is 4.79 Å². The number of amides is 1. The number of carbonyl (C=O) groups is 3. The zero-order valence-electron chi connectivity index (χ0n) is 16.4. The lowest BCUT2D eigenvalue weighted by atomic mass is 9.92. The Kier molecular flexibility index (Phi) is 5.96. The first kappa shape index (κ1) is 20.7. The molecule has 10 heteroatoms. The fourth-order valence-corrected chi connectivity index (χ4v) is 5.45. The molecule has 2 aliphatic heterocycles. The molecular weight excluding hydrogens is 412 g/mol. The van der Waals surface area contributed by atoms with Gasteiger partial charge in [-0.05, 0) is 38.7 Å². The maximum atomic E-state index is 12.8. The molecule has 0 radical (unpaired) electrons. The van der Waals surface area contributed by atoms with Gasteiger partial charge in [0.25, 0.3) is 0 Å². The number of thioether (sulfide) groups is 1. The predicted octanol–water partition coefficient (Wildman–Crippen LogP) is 2.26. The van der Waals surface area contributed by atoms with Gasteiger partial charge in [-0.3, -0.25) is 14.7 Å². The third-order valence-electron chi connectivity index (χ3n) is 5.35. The van der Waals surface area contributed by atoms with Crippen LogP contribution in [0.5, 0.6) is 0 Å². The zero-order valence-corrected chi connectivity index (χ0v) is 17.2. The number of β-lactam (4-membered cyclic amide) rings is 1. The van der Waals surface area contributed by atoms with E-state index in [4.69, 9.17) is 14.2 Å². The molecule has 1 aromatic rings. The summed E-state index contributed by atoms with van der Waals surface area (Å²) in [7, 11) is 0. The van der Waals surface area contributed by atoms with Crippen LogP contribution < -0.4 is 0 Å². The molecule has 0 spiro atoms. The van der Waals surface area contributed by atoms with Crippen LogP contribution in [-0.2, 0) is 23.8 Å². The first-order valence-corrected chi connectivity index (χ1v) is 10.7. The lowest BCUT2D eigenvalue weighted by molar-refractivity contribution is -0.162. The molecule has 0 aromatic carbocycles. The number of hydrogen-bond donors (Lipinski definition) is 1. The van der Waals surface area contributed by atoms with Gasteiger partial charge in [0.15, 0.2) is 0 Å². The Bertz CT molecular complexity index is 867. The fraction of sp³-hybridized carbons (Fsp3) is 0.500. The maximum absolute atomic E-state index is 12.8. The van der Waals surface area contributed by atoms with E-state index in [0.29, 0.717) is 10.5 Å². The number of ether oxygens (including phenoxy) is 3. The number of aliphatic hydroxyl groups excluding tert-OH is 1. The highest BCUT2D eigenvalue weighted by Crippen LogP contribution is 2.53. The summed E-state index contributed by atoms with van der Waals surface area (Å²) in [6.45, 7) is 0.926. The van der Waals surface area contributed by atoms with Crippen molar-refractivity contribution in [1.82, 2.24) is 9.88 Å². The van der Waals surface area contributed by atoms with Crippen molar-refractivity contribution in [2.75, 3.05) is 6.79 Å². The van der Waals surface area contributed by atoms with Crippen LogP contribution in [0.2, 0.25) is 0 Å². The van der Waals surface area contributed by atoms with Crippen molar-refractivity contribution in [3.8, 4) is 0 Å². The Hall–Kier alpha value is -2.59. The number of esters is 1. The normalized spacial score (nSPS) is 24.3. The third-order valence-corrected chi connectivity index (χ3v) is 6.76. The Morgan fingerprint density at radius 2 is 2.10 bits per heavy atom. The minimum Gasteiger partial charge on any atom is -0.431 e. The van der Waals surface area contributed by atoms with E-state index < -0.39 is 36.3 Å². The van der Waals surface area contributed by atoms with Gasteiger partial charge in [0.05, 0.1) is 12.0 Å². The Morgan fingerprint density at radius 3 is 2.77 bits per heavy atom. The summed E-state index contributed by atoms with van der Waals surface area (Å²) in [5, 5.41) is 9.51. The van der Waals surface area contributed by atoms with E-state index in [1.807, 2.05) is 0 Å². The van der Waals surface area contributed by atoms with Crippen molar-refractivity contribution in [3.05, 3.63) is 35.8 Å². The molecule has 1 aromatic heterocycles. The molecule has 0 unspecified atom stereocenters. The largest absolute Gasteiger partial charge is 0.511 e. The summed E-state index contributed by atoms with van der Waals surface area (Å²) in [4.78, 5) is 43.0. The Balaban J connectivity index is 1.44. The standard InChI is InChI=1S/C20H22N2O7S/c1-11(23)14-17(24)22-15(16(30-18(14)22)12-5-4-8-21-9-12)19(25)27-10-28-20(26)29-13-6-2-3-7-13/h4-5,8-9,11,13-14,18,23H,2-3,6-7,10H2,1H3/t11-,14+,18-/m1/s1. The summed E-state index contributed by atoms with van der Waals surface area (Å²) >= 11 is 1.30. The van der Waals surface area contributed by atoms with Crippen LogP contribution in [0.1, 0.15) is 38.2 Å². The van der Waals surface area contributed by atoms with Crippen molar-refractivity contribution in [1.29, 1.82) is 0 Å². The average molecular weight is 434 g/mol. The van der Waals surface area contributed by atoms with Crippen molar-refractivity contribution in [3.63, 3.8) is 0 Å². The molecule has 4 rings (SSSR count). The summed E-state index contributed by atoms with van der Waals surface area (Å²) in [5.74, 6) is -1.76. The van der Waals surface area contributed by atoms with Crippen molar-refractivity contribution < 1.29 is 33.7 Å². The molecule has 1 aliphatic carbocycles. The highest BCUT2D eigenvalue weighted by Gasteiger charge is 2.58. The molecule has 3 aliphatic rings. The van der Waals surface area contributed by atoms with Crippen LogP contribution >= 0.6 is 11.8 Å². The molecule has 1 saturated heterocycles. The van der Waals surface area contributed by atoms with Gasteiger partial charge in [0.1, 0.15) is 17.2 Å². The smallest absolute Gasteiger partial charge is 0.431 e. The van der Waals surface area contributed by atoms with E-state index >= 15 is 0 Å². The minimum atomic E-state index is -0.885. The number of rotatable bonds is 6. The SMILES string of the molecule is C[C@@H](O)[C@H]1C(=O)N2C(C(=O)OCOC(=O)OC3CCCC3)=C(c3cccnc3)S[C@H]12. The molecule has 1 saturated carbocycles. The van der Waals surface area contributed by atoms with Crippen LogP contribution in [0.15, 0.2) is 30.2 Å². The predicted molar refractivity (Wildman–Crippen MR) is 105 cm³/mol. The van der Waals surface area contributed by atoms with Crippen LogP contribution in [-0.4, -0.2) is 57.4 Å². The second kappa shape index (κ2) is 8.65. The topological polar surface area (TPSA) is 115 Å².